The second-order valence-corrected chi connectivity index (χ2v) is 6.88. The Labute approximate surface area is 122 Å². The third-order valence-corrected chi connectivity index (χ3v) is 5.19. The number of nitrogens with one attached hydrogen (secondary N) is 1. The van der Waals surface area contributed by atoms with E-state index in [1.165, 1.54) is 16.4 Å². The molecule has 2 fully saturated rings. The molecule has 3 heteroatoms. The predicted molar refractivity (Wildman–Crippen MR) is 80.5 cm³/mol. The van der Waals surface area contributed by atoms with Crippen LogP contribution < -0.4 is 5.32 Å². The fourth-order valence-electron chi connectivity index (χ4n) is 3.21. The molecule has 96 valence electrons. The minimum absolute atomic E-state index is 0.346. The SMILES string of the molecule is O=C(Cc1ccc(I)cc1)C1CC12CCNCC2. The summed E-state index contributed by atoms with van der Waals surface area (Å²) >= 11 is 2.29. The largest absolute Gasteiger partial charge is 0.317 e. The first kappa shape index (κ1) is 12.6. The Balaban J connectivity index is 1.61. The van der Waals surface area contributed by atoms with E-state index in [1.54, 1.807) is 0 Å². The maximum absolute atomic E-state index is 12.3. The molecule has 1 spiro atoms. The van der Waals surface area contributed by atoms with Crippen molar-refractivity contribution in [3.63, 3.8) is 0 Å². The average molecular weight is 355 g/mol. The van der Waals surface area contributed by atoms with Gasteiger partial charge in [0.15, 0.2) is 0 Å². The van der Waals surface area contributed by atoms with Gasteiger partial charge in [-0.3, -0.25) is 4.79 Å². The van der Waals surface area contributed by atoms with Gasteiger partial charge in [-0.2, -0.15) is 0 Å². The van der Waals surface area contributed by atoms with Crippen molar-refractivity contribution in [1.82, 2.24) is 5.32 Å². The molecule has 3 rings (SSSR count). The molecular formula is C15H18INO. The van der Waals surface area contributed by atoms with E-state index in [9.17, 15) is 4.79 Å². The maximum Gasteiger partial charge on any atom is 0.140 e. The lowest BCUT2D eigenvalue weighted by molar-refractivity contribution is -0.120. The van der Waals surface area contributed by atoms with E-state index >= 15 is 0 Å². The van der Waals surface area contributed by atoms with Crippen LogP contribution in [0.2, 0.25) is 0 Å². The van der Waals surface area contributed by atoms with Crippen molar-refractivity contribution in [3.8, 4) is 0 Å². The monoisotopic (exact) mass is 355 g/mol. The summed E-state index contributed by atoms with van der Waals surface area (Å²) in [5.74, 6) is 0.803. The van der Waals surface area contributed by atoms with Crippen molar-refractivity contribution in [3.05, 3.63) is 33.4 Å². The Morgan fingerprint density at radius 2 is 1.94 bits per heavy atom. The number of halogens is 1. The summed E-state index contributed by atoms with van der Waals surface area (Å²) in [6.45, 7) is 2.18. The number of hydrogen-bond acceptors (Lipinski definition) is 2. The molecule has 0 amide bonds. The Hall–Kier alpha value is -0.420. The summed E-state index contributed by atoms with van der Waals surface area (Å²) in [4.78, 5) is 12.3. The molecular weight excluding hydrogens is 337 g/mol. The van der Waals surface area contributed by atoms with Crippen LogP contribution in [0.25, 0.3) is 0 Å². The maximum atomic E-state index is 12.3. The van der Waals surface area contributed by atoms with E-state index in [1.807, 2.05) is 0 Å². The molecule has 0 bridgehead atoms. The summed E-state index contributed by atoms with van der Waals surface area (Å²) in [5, 5.41) is 3.38. The van der Waals surface area contributed by atoms with Crippen LogP contribution in [0.1, 0.15) is 24.8 Å². The zero-order chi connectivity index (χ0) is 12.6. The molecule has 1 saturated heterocycles. The summed E-state index contributed by atoms with van der Waals surface area (Å²) in [7, 11) is 0. The Kier molecular flexibility index (Phi) is 3.45. The highest BCUT2D eigenvalue weighted by molar-refractivity contribution is 14.1. The Bertz CT molecular complexity index is 448. The Morgan fingerprint density at radius 1 is 1.28 bits per heavy atom. The van der Waals surface area contributed by atoms with Gasteiger partial charge in [0.05, 0.1) is 0 Å². The van der Waals surface area contributed by atoms with Crippen LogP contribution in [0, 0.1) is 14.9 Å². The molecule has 2 aliphatic rings. The van der Waals surface area contributed by atoms with Gasteiger partial charge in [0.2, 0.25) is 0 Å². The fourth-order valence-corrected chi connectivity index (χ4v) is 3.57. The van der Waals surface area contributed by atoms with Crippen LogP contribution >= 0.6 is 22.6 Å². The van der Waals surface area contributed by atoms with Crippen molar-refractivity contribution in [2.24, 2.45) is 11.3 Å². The van der Waals surface area contributed by atoms with Crippen molar-refractivity contribution >= 4 is 28.4 Å². The number of carbonyl (C=O) groups excluding carboxylic acids is 1. The zero-order valence-corrected chi connectivity index (χ0v) is 12.6. The highest BCUT2D eigenvalue weighted by atomic mass is 127. The molecule has 1 aromatic carbocycles. The van der Waals surface area contributed by atoms with Gasteiger partial charge >= 0.3 is 0 Å². The van der Waals surface area contributed by atoms with Gasteiger partial charge in [0.1, 0.15) is 5.78 Å². The van der Waals surface area contributed by atoms with E-state index < -0.39 is 0 Å². The van der Waals surface area contributed by atoms with Gasteiger partial charge in [0.25, 0.3) is 0 Å². The molecule has 1 atom stereocenters. The highest BCUT2D eigenvalue weighted by Crippen LogP contribution is 2.59. The van der Waals surface area contributed by atoms with Gasteiger partial charge in [-0.05, 0) is 78.1 Å². The first-order valence-electron chi connectivity index (χ1n) is 6.67. The van der Waals surface area contributed by atoms with Crippen molar-refractivity contribution in [2.45, 2.75) is 25.7 Å². The van der Waals surface area contributed by atoms with Crippen LogP contribution in [0.5, 0.6) is 0 Å². The minimum Gasteiger partial charge on any atom is -0.317 e. The summed E-state index contributed by atoms with van der Waals surface area (Å²) in [6.07, 6.45) is 4.14. The molecule has 1 saturated carbocycles. The third kappa shape index (κ3) is 2.48. The van der Waals surface area contributed by atoms with Crippen LogP contribution in [-0.4, -0.2) is 18.9 Å². The van der Waals surface area contributed by atoms with Crippen molar-refractivity contribution in [1.29, 1.82) is 0 Å². The molecule has 1 heterocycles. The molecule has 0 aromatic heterocycles. The molecule has 0 radical (unpaired) electrons. The quantitative estimate of drug-likeness (QED) is 0.845. The van der Waals surface area contributed by atoms with Gasteiger partial charge < -0.3 is 5.32 Å². The summed E-state index contributed by atoms with van der Waals surface area (Å²) < 4.78 is 1.23. The van der Waals surface area contributed by atoms with Crippen molar-refractivity contribution < 1.29 is 4.79 Å². The average Bonchev–Trinajstić information content (AvgIpc) is 3.07. The smallest absolute Gasteiger partial charge is 0.140 e. The highest BCUT2D eigenvalue weighted by Gasteiger charge is 2.56. The van der Waals surface area contributed by atoms with E-state index in [4.69, 9.17) is 0 Å². The number of rotatable bonds is 3. The fraction of sp³-hybridized carbons (Fsp3) is 0.533. The number of Topliss-reactive ketones (excluding diaryl/α,β-unsaturated/α-hetero) is 1. The summed E-state index contributed by atoms with van der Waals surface area (Å²) in [5.41, 5.74) is 1.54. The number of piperidine rings is 1. The predicted octanol–water partition coefficient (Wildman–Crippen LogP) is 2.79. The Morgan fingerprint density at radius 3 is 2.61 bits per heavy atom. The van der Waals surface area contributed by atoms with E-state index in [0.717, 1.165) is 25.1 Å². The number of benzene rings is 1. The standard InChI is InChI=1S/C15H18INO/c16-12-3-1-11(2-4-12)9-14(18)13-10-15(13)5-7-17-8-6-15/h1-4,13,17H,5-10H2. The topological polar surface area (TPSA) is 29.1 Å². The summed E-state index contributed by atoms with van der Waals surface area (Å²) in [6, 6.07) is 8.32. The molecule has 1 aliphatic carbocycles. The lowest BCUT2D eigenvalue weighted by Crippen LogP contribution is -2.30. The van der Waals surface area contributed by atoms with Gasteiger partial charge in [-0.25, -0.2) is 0 Å². The van der Waals surface area contributed by atoms with Gasteiger partial charge in [-0.1, -0.05) is 12.1 Å². The number of hydrogen-bond donors (Lipinski definition) is 1. The molecule has 1 N–H and O–H groups in total. The molecule has 1 unspecified atom stereocenters. The van der Waals surface area contributed by atoms with Gasteiger partial charge in [-0.15, -0.1) is 0 Å². The molecule has 2 nitrogen and oxygen atoms in total. The second kappa shape index (κ2) is 4.93. The first-order valence-corrected chi connectivity index (χ1v) is 7.75. The normalized spacial score (nSPS) is 25.1. The van der Waals surface area contributed by atoms with Crippen LogP contribution in [0.4, 0.5) is 0 Å². The minimum atomic E-state index is 0.346. The zero-order valence-electron chi connectivity index (χ0n) is 10.4. The molecule has 18 heavy (non-hydrogen) atoms. The van der Waals surface area contributed by atoms with E-state index in [2.05, 4.69) is 52.2 Å². The number of ketones is 1. The van der Waals surface area contributed by atoms with E-state index in [0.29, 0.717) is 23.5 Å². The van der Waals surface area contributed by atoms with Gasteiger partial charge in [0, 0.05) is 15.9 Å². The van der Waals surface area contributed by atoms with Crippen molar-refractivity contribution in [2.75, 3.05) is 13.1 Å². The van der Waals surface area contributed by atoms with E-state index in [-0.39, 0.29) is 0 Å². The molecule has 1 aliphatic heterocycles. The third-order valence-electron chi connectivity index (χ3n) is 4.47. The number of carbonyl (C=O) groups is 1. The van der Waals surface area contributed by atoms with Crippen LogP contribution in [0.15, 0.2) is 24.3 Å². The van der Waals surface area contributed by atoms with Crippen LogP contribution in [0.3, 0.4) is 0 Å². The molecule has 1 aromatic rings. The lowest BCUT2D eigenvalue weighted by atomic mass is 9.89. The lowest BCUT2D eigenvalue weighted by Gasteiger charge is -2.23. The first-order chi connectivity index (χ1) is 8.70. The van der Waals surface area contributed by atoms with Crippen LogP contribution in [-0.2, 0) is 11.2 Å². The second-order valence-electron chi connectivity index (χ2n) is 5.64.